The van der Waals surface area contributed by atoms with Gasteiger partial charge in [0.1, 0.15) is 18.0 Å². The average molecular weight is 260 g/mol. The van der Waals surface area contributed by atoms with Gasteiger partial charge in [0.15, 0.2) is 0 Å². The number of anilines is 3. The van der Waals surface area contributed by atoms with E-state index in [9.17, 15) is 0 Å². The number of rotatable bonds is 6. The van der Waals surface area contributed by atoms with E-state index in [0.717, 1.165) is 23.7 Å². The molecule has 0 aliphatic carbocycles. The molecule has 19 heavy (non-hydrogen) atoms. The lowest BCUT2D eigenvalue weighted by Crippen LogP contribution is -2.20. The van der Waals surface area contributed by atoms with Crippen LogP contribution < -0.4 is 16.0 Å². The van der Waals surface area contributed by atoms with Crippen molar-refractivity contribution in [2.24, 2.45) is 5.73 Å². The van der Waals surface area contributed by atoms with Gasteiger partial charge < -0.3 is 20.9 Å². The highest BCUT2D eigenvalue weighted by Gasteiger charge is 2.08. The van der Waals surface area contributed by atoms with E-state index in [4.69, 9.17) is 5.73 Å². The molecule has 1 atom stereocenters. The zero-order chi connectivity index (χ0) is 13.7. The second-order valence-electron chi connectivity index (χ2n) is 4.51. The standard InChI is InChI=1S/C13H20N6/c1-10(3-5-14)18-12-7-13(17-9-16-12)19(2)11-4-6-15-8-11/h4,6-10,15H,3,5,14H2,1-2H3,(H,16,17,18). The summed E-state index contributed by atoms with van der Waals surface area (Å²) in [5.74, 6) is 1.66. The molecule has 2 rings (SSSR count). The van der Waals surface area contributed by atoms with E-state index in [1.165, 1.54) is 0 Å². The minimum Gasteiger partial charge on any atom is -0.367 e. The molecule has 0 aliphatic rings. The SMILES string of the molecule is CC(CCN)Nc1cc(N(C)c2cc[nH]c2)ncn1. The smallest absolute Gasteiger partial charge is 0.138 e. The van der Waals surface area contributed by atoms with Gasteiger partial charge in [0.2, 0.25) is 0 Å². The fourth-order valence-corrected chi connectivity index (χ4v) is 1.84. The molecule has 1 unspecified atom stereocenters. The normalized spacial score (nSPS) is 12.2. The van der Waals surface area contributed by atoms with Gasteiger partial charge in [-0.05, 0) is 26.0 Å². The highest BCUT2D eigenvalue weighted by molar-refractivity contribution is 5.60. The summed E-state index contributed by atoms with van der Waals surface area (Å²) in [4.78, 5) is 13.5. The van der Waals surface area contributed by atoms with Crippen LogP contribution in [0.3, 0.4) is 0 Å². The van der Waals surface area contributed by atoms with Gasteiger partial charge in [-0.1, -0.05) is 0 Å². The van der Waals surface area contributed by atoms with Crippen molar-refractivity contribution in [3.63, 3.8) is 0 Å². The predicted molar refractivity (Wildman–Crippen MR) is 77.6 cm³/mol. The van der Waals surface area contributed by atoms with Gasteiger partial charge in [0.25, 0.3) is 0 Å². The Morgan fingerprint density at radius 1 is 1.47 bits per heavy atom. The number of H-pyrrole nitrogens is 1. The van der Waals surface area contributed by atoms with E-state index in [0.29, 0.717) is 12.6 Å². The summed E-state index contributed by atoms with van der Waals surface area (Å²) in [5.41, 5.74) is 6.60. The Hall–Kier alpha value is -2.08. The third-order valence-corrected chi connectivity index (χ3v) is 2.96. The zero-order valence-electron chi connectivity index (χ0n) is 11.3. The Bertz CT molecular complexity index is 496. The van der Waals surface area contributed by atoms with Crippen LogP contribution in [0, 0.1) is 0 Å². The largest absolute Gasteiger partial charge is 0.367 e. The van der Waals surface area contributed by atoms with Crippen LogP contribution in [-0.2, 0) is 0 Å². The van der Waals surface area contributed by atoms with Crippen LogP contribution in [0.25, 0.3) is 0 Å². The van der Waals surface area contributed by atoms with Crippen LogP contribution in [0.15, 0.2) is 30.9 Å². The average Bonchev–Trinajstić information content (AvgIpc) is 2.92. The van der Waals surface area contributed by atoms with E-state index in [-0.39, 0.29) is 0 Å². The number of aromatic amines is 1. The highest BCUT2D eigenvalue weighted by Crippen LogP contribution is 2.22. The number of hydrogen-bond donors (Lipinski definition) is 3. The lowest BCUT2D eigenvalue weighted by Gasteiger charge is -2.18. The Kier molecular flexibility index (Phi) is 4.35. The molecule has 0 spiro atoms. The predicted octanol–water partition coefficient (Wildman–Crippen LogP) is 1.72. The highest BCUT2D eigenvalue weighted by atomic mass is 15.2. The first kappa shape index (κ1) is 13.4. The van der Waals surface area contributed by atoms with Crippen LogP contribution in [0.5, 0.6) is 0 Å². The summed E-state index contributed by atoms with van der Waals surface area (Å²) < 4.78 is 0. The molecule has 6 heteroatoms. The maximum atomic E-state index is 5.54. The molecule has 2 aromatic heterocycles. The summed E-state index contributed by atoms with van der Waals surface area (Å²) in [6, 6.07) is 4.22. The number of aromatic nitrogens is 3. The Labute approximate surface area is 113 Å². The first-order chi connectivity index (χ1) is 9.20. The Morgan fingerprint density at radius 2 is 2.32 bits per heavy atom. The molecule has 4 N–H and O–H groups in total. The van der Waals surface area contributed by atoms with Gasteiger partial charge in [-0.2, -0.15) is 0 Å². The molecular formula is C13H20N6. The molecule has 0 aliphatic heterocycles. The molecule has 0 bridgehead atoms. The van der Waals surface area contributed by atoms with E-state index < -0.39 is 0 Å². The monoisotopic (exact) mass is 260 g/mol. The fourth-order valence-electron chi connectivity index (χ4n) is 1.84. The maximum Gasteiger partial charge on any atom is 0.138 e. The van der Waals surface area contributed by atoms with Crippen molar-refractivity contribution in [3.8, 4) is 0 Å². The third kappa shape index (κ3) is 3.45. The van der Waals surface area contributed by atoms with Crippen molar-refractivity contribution >= 4 is 17.3 Å². The van der Waals surface area contributed by atoms with Crippen LogP contribution in [0.1, 0.15) is 13.3 Å². The molecule has 6 nitrogen and oxygen atoms in total. The van der Waals surface area contributed by atoms with Crippen molar-refractivity contribution in [1.29, 1.82) is 0 Å². The number of nitrogens with one attached hydrogen (secondary N) is 2. The van der Waals surface area contributed by atoms with Crippen molar-refractivity contribution < 1.29 is 0 Å². The van der Waals surface area contributed by atoms with Gasteiger partial charge in [-0.25, -0.2) is 9.97 Å². The molecule has 0 aromatic carbocycles. The molecule has 2 heterocycles. The molecule has 0 saturated heterocycles. The number of nitrogens with two attached hydrogens (primary N) is 1. The molecule has 0 fully saturated rings. The van der Waals surface area contributed by atoms with E-state index in [2.05, 4.69) is 27.2 Å². The quantitative estimate of drug-likeness (QED) is 0.736. The minimum absolute atomic E-state index is 0.297. The van der Waals surface area contributed by atoms with Crippen LogP contribution in [-0.4, -0.2) is 34.6 Å². The van der Waals surface area contributed by atoms with Gasteiger partial charge in [-0.15, -0.1) is 0 Å². The molecule has 0 saturated carbocycles. The van der Waals surface area contributed by atoms with Gasteiger partial charge >= 0.3 is 0 Å². The molecule has 0 radical (unpaired) electrons. The topological polar surface area (TPSA) is 82.9 Å². The third-order valence-electron chi connectivity index (χ3n) is 2.96. The zero-order valence-corrected chi connectivity index (χ0v) is 11.3. The van der Waals surface area contributed by atoms with E-state index in [1.807, 2.05) is 36.5 Å². The summed E-state index contributed by atoms with van der Waals surface area (Å²) in [6.07, 6.45) is 6.28. The van der Waals surface area contributed by atoms with E-state index in [1.54, 1.807) is 6.33 Å². The minimum atomic E-state index is 0.297. The summed E-state index contributed by atoms with van der Waals surface area (Å²) in [7, 11) is 1.97. The summed E-state index contributed by atoms with van der Waals surface area (Å²) >= 11 is 0. The summed E-state index contributed by atoms with van der Waals surface area (Å²) in [6.45, 7) is 2.75. The summed E-state index contributed by atoms with van der Waals surface area (Å²) in [5, 5.41) is 3.32. The second kappa shape index (κ2) is 6.19. The number of hydrogen-bond acceptors (Lipinski definition) is 5. The van der Waals surface area contributed by atoms with Crippen molar-refractivity contribution in [2.45, 2.75) is 19.4 Å². The number of nitrogens with zero attached hydrogens (tertiary/aromatic N) is 3. The van der Waals surface area contributed by atoms with Gasteiger partial charge in [0.05, 0.1) is 5.69 Å². The second-order valence-corrected chi connectivity index (χ2v) is 4.51. The van der Waals surface area contributed by atoms with Crippen LogP contribution in [0.4, 0.5) is 17.3 Å². The van der Waals surface area contributed by atoms with E-state index >= 15 is 0 Å². The Balaban J connectivity index is 2.10. The van der Waals surface area contributed by atoms with Crippen molar-refractivity contribution in [3.05, 3.63) is 30.9 Å². The first-order valence-corrected chi connectivity index (χ1v) is 6.36. The molecule has 2 aromatic rings. The molecule has 102 valence electrons. The van der Waals surface area contributed by atoms with Crippen LogP contribution >= 0.6 is 0 Å². The lowest BCUT2D eigenvalue weighted by atomic mass is 10.2. The van der Waals surface area contributed by atoms with Gasteiger partial charge in [-0.3, -0.25) is 0 Å². The van der Waals surface area contributed by atoms with Crippen molar-refractivity contribution in [1.82, 2.24) is 15.0 Å². The fraction of sp³-hybridized carbons (Fsp3) is 0.385. The van der Waals surface area contributed by atoms with Gasteiger partial charge in [0, 0.05) is 31.5 Å². The maximum absolute atomic E-state index is 5.54. The molecule has 0 amide bonds. The Morgan fingerprint density at radius 3 is 3.00 bits per heavy atom. The van der Waals surface area contributed by atoms with Crippen LogP contribution in [0.2, 0.25) is 0 Å². The lowest BCUT2D eigenvalue weighted by molar-refractivity contribution is 0.713. The molecular weight excluding hydrogens is 240 g/mol. The first-order valence-electron chi connectivity index (χ1n) is 6.36. The van der Waals surface area contributed by atoms with Crippen molar-refractivity contribution in [2.75, 3.05) is 23.8 Å².